The van der Waals surface area contributed by atoms with Crippen LogP contribution < -0.4 is 11.1 Å². The van der Waals surface area contributed by atoms with Crippen molar-refractivity contribution in [2.75, 3.05) is 5.32 Å². The van der Waals surface area contributed by atoms with Gasteiger partial charge in [-0.15, -0.1) is 11.3 Å². The van der Waals surface area contributed by atoms with Gasteiger partial charge in [0.05, 0.1) is 17.4 Å². The molecule has 6 nitrogen and oxygen atoms in total. The van der Waals surface area contributed by atoms with Crippen molar-refractivity contribution in [1.29, 1.82) is 0 Å². The van der Waals surface area contributed by atoms with E-state index >= 15 is 0 Å². The van der Waals surface area contributed by atoms with Gasteiger partial charge in [0.2, 0.25) is 5.91 Å². The van der Waals surface area contributed by atoms with Gasteiger partial charge in [0.15, 0.2) is 0 Å². The van der Waals surface area contributed by atoms with Gasteiger partial charge in [0, 0.05) is 4.88 Å². The molecule has 122 valence electrons. The van der Waals surface area contributed by atoms with Crippen molar-refractivity contribution in [1.82, 2.24) is 0 Å². The number of nitrogens with two attached hydrogens (primary N) is 1. The van der Waals surface area contributed by atoms with Crippen molar-refractivity contribution in [3.8, 4) is 0 Å². The standard InChI is InChI=1S/C16H18N2O4S/c1-6-7(2)23-15(10(6)13(17)19)18-14(20)11-8-3-4-9(5-8)12(11)16(21)22/h3-4,8-9,11-12H,5H2,1-2H3,(H2,17,19)(H,18,20)(H,21,22)/t8-,9-,11+,12-/m0/s1. The molecule has 0 spiro atoms. The maximum atomic E-state index is 12.7. The zero-order valence-electron chi connectivity index (χ0n) is 12.8. The van der Waals surface area contributed by atoms with Crippen LogP contribution in [-0.2, 0) is 9.59 Å². The molecule has 1 aromatic rings. The summed E-state index contributed by atoms with van der Waals surface area (Å²) in [7, 11) is 0. The minimum Gasteiger partial charge on any atom is -0.481 e. The van der Waals surface area contributed by atoms with E-state index in [9.17, 15) is 19.5 Å². The van der Waals surface area contributed by atoms with Gasteiger partial charge in [-0.2, -0.15) is 0 Å². The molecule has 1 saturated carbocycles. The van der Waals surface area contributed by atoms with Gasteiger partial charge in [-0.3, -0.25) is 14.4 Å². The smallest absolute Gasteiger partial charge is 0.307 e. The Labute approximate surface area is 137 Å². The third-order valence-electron chi connectivity index (χ3n) is 4.92. The summed E-state index contributed by atoms with van der Waals surface area (Å²) < 4.78 is 0. The molecule has 0 unspecified atom stereocenters. The highest BCUT2D eigenvalue weighted by molar-refractivity contribution is 7.16. The first-order chi connectivity index (χ1) is 10.8. The van der Waals surface area contributed by atoms with Gasteiger partial charge >= 0.3 is 5.97 Å². The summed E-state index contributed by atoms with van der Waals surface area (Å²) in [6, 6.07) is 0. The second-order valence-corrected chi connectivity index (χ2v) is 7.40. The lowest BCUT2D eigenvalue weighted by Crippen LogP contribution is -2.36. The fourth-order valence-corrected chi connectivity index (χ4v) is 4.79. The Kier molecular flexibility index (Phi) is 3.75. The fourth-order valence-electron chi connectivity index (χ4n) is 3.72. The van der Waals surface area contributed by atoms with Crippen LogP contribution in [0.15, 0.2) is 12.2 Å². The first-order valence-electron chi connectivity index (χ1n) is 7.43. The second kappa shape index (κ2) is 5.49. The quantitative estimate of drug-likeness (QED) is 0.731. The topological polar surface area (TPSA) is 109 Å². The van der Waals surface area contributed by atoms with Crippen LogP contribution in [0.5, 0.6) is 0 Å². The van der Waals surface area contributed by atoms with E-state index in [1.807, 2.05) is 19.1 Å². The molecule has 0 aliphatic heterocycles. The van der Waals surface area contributed by atoms with Crippen molar-refractivity contribution in [2.24, 2.45) is 29.4 Å². The number of carboxylic acid groups (broad SMARTS) is 1. The summed E-state index contributed by atoms with van der Waals surface area (Å²) in [5.41, 5.74) is 6.47. The lowest BCUT2D eigenvalue weighted by atomic mass is 9.82. The molecule has 2 aliphatic rings. The summed E-state index contributed by atoms with van der Waals surface area (Å²) in [5, 5.41) is 12.6. The number of hydrogen-bond donors (Lipinski definition) is 3. The second-order valence-electron chi connectivity index (χ2n) is 6.18. The van der Waals surface area contributed by atoms with E-state index in [-0.39, 0.29) is 17.7 Å². The fraction of sp³-hybridized carbons (Fsp3) is 0.438. The molecule has 1 aromatic heterocycles. The average Bonchev–Trinajstić information content (AvgIpc) is 3.12. The molecule has 4 atom stereocenters. The number of nitrogens with one attached hydrogen (secondary N) is 1. The Morgan fingerprint density at radius 3 is 2.39 bits per heavy atom. The molecule has 0 aromatic carbocycles. The zero-order valence-corrected chi connectivity index (χ0v) is 13.6. The van der Waals surface area contributed by atoms with Crippen LogP contribution in [0.1, 0.15) is 27.2 Å². The van der Waals surface area contributed by atoms with Crippen LogP contribution in [0.2, 0.25) is 0 Å². The summed E-state index contributed by atoms with van der Waals surface area (Å²) in [6.07, 6.45) is 4.51. The first-order valence-corrected chi connectivity index (χ1v) is 8.24. The van der Waals surface area contributed by atoms with Crippen LogP contribution in [0.25, 0.3) is 0 Å². The minimum atomic E-state index is -0.948. The number of amides is 2. The molecule has 4 N–H and O–H groups in total. The van der Waals surface area contributed by atoms with Crippen LogP contribution >= 0.6 is 11.3 Å². The van der Waals surface area contributed by atoms with Crippen molar-refractivity contribution in [2.45, 2.75) is 20.3 Å². The average molecular weight is 334 g/mol. The van der Waals surface area contributed by atoms with E-state index in [0.29, 0.717) is 17.0 Å². The van der Waals surface area contributed by atoms with E-state index < -0.39 is 23.7 Å². The Bertz CT molecular complexity index is 737. The molecule has 1 fully saturated rings. The SMILES string of the molecule is Cc1sc(NC(=O)[C@H]2[C@@H](C(=O)O)[C@H]3C=C[C@H]2C3)c(C(N)=O)c1C. The molecule has 3 rings (SSSR count). The van der Waals surface area contributed by atoms with Gasteiger partial charge in [-0.25, -0.2) is 0 Å². The number of allylic oxidation sites excluding steroid dienone is 2. The maximum absolute atomic E-state index is 12.7. The van der Waals surface area contributed by atoms with Crippen molar-refractivity contribution < 1.29 is 19.5 Å². The Hall–Kier alpha value is -2.15. The number of fused-ring (bicyclic) bond motifs is 2. The molecular formula is C16H18N2O4S. The number of thiophene rings is 1. The highest BCUT2D eigenvalue weighted by Gasteiger charge is 2.51. The molecule has 1 heterocycles. The lowest BCUT2D eigenvalue weighted by molar-refractivity contribution is -0.146. The Morgan fingerprint density at radius 1 is 1.22 bits per heavy atom. The minimum absolute atomic E-state index is 0.0553. The largest absolute Gasteiger partial charge is 0.481 e. The molecule has 2 aliphatic carbocycles. The van der Waals surface area contributed by atoms with Crippen LogP contribution in [-0.4, -0.2) is 22.9 Å². The Morgan fingerprint density at radius 2 is 1.83 bits per heavy atom. The van der Waals surface area contributed by atoms with Gasteiger partial charge in [0.25, 0.3) is 5.91 Å². The molecule has 0 saturated heterocycles. The molecule has 2 amide bonds. The molecule has 2 bridgehead atoms. The van der Waals surface area contributed by atoms with E-state index in [1.165, 1.54) is 11.3 Å². The van der Waals surface area contributed by atoms with Crippen LogP contribution in [0, 0.1) is 37.5 Å². The number of anilines is 1. The predicted octanol–water partition coefficient (Wildman–Crippen LogP) is 1.93. The van der Waals surface area contributed by atoms with Gasteiger partial charge in [-0.05, 0) is 37.7 Å². The molecule has 23 heavy (non-hydrogen) atoms. The third-order valence-corrected chi connectivity index (χ3v) is 6.04. The van der Waals surface area contributed by atoms with Crippen molar-refractivity contribution in [3.63, 3.8) is 0 Å². The maximum Gasteiger partial charge on any atom is 0.307 e. The number of primary amides is 1. The normalized spacial score (nSPS) is 28.1. The third kappa shape index (κ3) is 2.45. The van der Waals surface area contributed by atoms with Gasteiger partial charge < -0.3 is 16.2 Å². The molecule has 0 radical (unpaired) electrons. The number of carboxylic acids is 1. The number of aliphatic carboxylic acids is 1. The van der Waals surface area contributed by atoms with Crippen molar-refractivity contribution in [3.05, 3.63) is 28.2 Å². The van der Waals surface area contributed by atoms with E-state index in [0.717, 1.165) is 10.4 Å². The van der Waals surface area contributed by atoms with Crippen LogP contribution in [0.3, 0.4) is 0 Å². The number of carbonyl (C=O) groups excluding carboxylic acids is 2. The summed E-state index contributed by atoms with van der Waals surface area (Å²) >= 11 is 1.29. The van der Waals surface area contributed by atoms with E-state index in [4.69, 9.17) is 5.73 Å². The zero-order chi connectivity index (χ0) is 16.9. The predicted molar refractivity (Wildman–Crippen MR) is 86.3 cm³/mol. The summed E-state index contributed by atoms with van der Waals surface area (Å²) in [4.78, 5) is 36.7. The monoisotopic (exact) mass is 334 g/mol. The summed E-state index contributed by atoms with van der Waals surface area (Å²) in [6.45, 7) is 3.63. The Balaban J connectivity index is 1.88. The number of hydrogen-bond acceptors (Lipinski definition) is 4. The van der Waals surface area contributed by atoms with Crippen molar-refractivity contribution >= 4 is 34.1 Å². The molecule has 7 heteroatoms. The molecular weight excluding hydrogens is 316 g/mol. The van der Waals surface area contributed by atoms with Gasteiger partial charge in [0.1, 0.15) is 5.00 Å². The van der Waals surface area contributed by atoms with E-state index in [2.05, 4.69) is 5.32 Å². The first kappa shape index (κ1) is 15.7. The number of carbonyl (C=O) groups is 3. The summed E-state index contributed by atoms with van der Waals surface area (Å²) in [5.74, 6) is -3.34. The lowest BCUT2D eigenvalue weighted by Gasteiger charge is -2.23. The van der Waals surface area contributed by atoms with E-state index in [1.54, 1.807) is 6.92 Å². The highest BCUT2D eigenvalue weighted by Crippen LogP contribution is 2.48. The highest BCUT2D eigenvalue weighted by atomic mass is 32.1. The number of aryl methyl sites for hydroxylation is 1. The number of rotatable bonds is 4. The van der Waals surface area contributed by atoms with Gasteiger partial charge in [-0.1, -0.05) is 12.2 Å². The van der Waals surface area contributed by atoms with Crippen LogP contribution in [0.4, 0.5) is 5.00 Å².